The normalized spacial score (nSPS) is 17.1. The van der Waals surface area contributed by atoms with Gasteiger partial charge in [0.25, 0.3) is 5.91 Å². The number of likely N-dealkylation sites (tertiary alicyclic amines) is 1. The molecule has 1 aromatic rings. The second-order valence-corrected chi connectivity index (χ2v) is 5.29. The molecule has 1 aliphatic rings. The number of nitrogens with zero attached hydrogens (tertiary/aromatic N) is 2. The molecule has 0 saturated carbocycles. The van der Waals surface area contributed by atoms with Gasteiger partial charge in [0, 0.05) is 17.8 Å². The second-order valence-electron chi connectivity index (χ2n) is 4.85. The second kappa shape index (κ2) is 6.08. The van der Waals surface area contributed by atoms with Crippen molar-refractivity contribution in [3.8, 4) is 0 Å². The molecule has 1 saturated heterocycles. The average molecular weight is 278 g/mol. The maximum atomic E-state index is 12.0. The lowest BCUT2D eigenvalue weighted by Gasteiger charge is -2.29. The van der Waals surface area contributed by atoms with E-state index in [0.717, 1.165) is 25.9 Å². The van der Waals surface area contributed by atoms with E-state index in [1.165, 1.54) is 6.20 Å². The van der Waals surface area contributed by atoms with Crippen LogP contribution >= 0.6 is 12.2 Å². The highest BCUT2D eigenvalue weighted by atomic mass is 32.1. The fourth-order valence-electron chi connectivity index (χ4n) is 2.09. The Labute approximate surface area is 118 Å². The molecule has 0 spiro atoms. The van der Waals surface area contributed by atoms with Crippen LogP contribution in [0.4, 0.5) is 0 Å². The topological polar surface area (TPSA) is 71.2 Å². The van der Waals surface area contributed by atoms with Gasteiger partial charge in [0.05, 0.1) is 0 Å². The van der Waals surface area contributed by atoms with E-state index >= 15 is 0 Å². The Kier molecular flexibility index (Phi) is 4.44. The zero-order valence-corrected chi connectivity index (χ0v) is 11.7. The summed E-state index contributed by atoms with van der Waals surface area (Å²) in [5.74, 6) is -0.135. The van der Waals surface area contributed by atoms with Gasteiger partial charge < -0.3 is 16.0 Å². The summed E-state index contributed by atoms with van der Waals surface area (Å²) >= 11 is 4.85. The van der Waals surface area contributed by atoms with E-state index in [9.17, 15) is 4.79 Å². The van der Waals surface area contributed by atoms with Gasteiger partial charge in [-0.2, -0.15) is 0 Å². The lowest BCUT2D eigenvalue weighted by Crippen LogP contribution is -2.43. The number of nitrogens with two attached hydrogens (primary N) is 1. The van der Waals surface area contributed by atoms with Gasteiger partial charge in [0.2, 0.25) is 0 Å². The van der Waals surface area contributed by atoms with Crippen LogP contribution in [0.5, 0.6) is 0 Å². The fraction of sp³-hybridized carbons (Fsp3) is 0.462. The third-order valence-electron chi connectivity index (χ3n) is 3.33. The van der Waals surface area contributed by atoms with Crippen molar-refractivity contribution in [2.45, 2.75) is 18.9 Å². The molecule has 0 unspecified atom stereocenters. The van der Waals surface area contributed by atoms with Gasteiger partial charge in [0.1, 0.15) is 10.7 Å². The molecule has 0 aliphatic carbocycles. The summed E-state index contributed by atoms with van der Waals surface area (Å²) in [6.07, 6.45) is 3.49. The number of hydrogen-bond donors (Lipinski definition) is 2. The Morgan fingerprint density at radius 1 is 1.47 bits per heavy atom. The fourth-order valence-corrected chi connectivity index (χ4v) is 2.21. The lowest BCUT2D eigenvalue weighted by molar-refractivity contribution is 0.0912. The number of hydrogen-bond acceptors (Lipinski definition) is 4. The van der Waals surface area contributed by atoms with Gasteiger partial charge in [-0.25, -0.2) is 0 Å². The highest BCUT2D eigenvalue weighted by Gasteiger charge is 2.19. The average Bonchev–Trinajstić information content (AvgIpc) is 2.41. The monoisotopic (exact) mass is 278 g/mol. The number of piperidine rings is 1. The van der Waals surface area contributed by atoms with Crippen LogP contribution in [0, 0.1) is 0 Å². The summed E-state index contributed by atoms with van der Waals surface area (Å²) in [5.41, 5.74) is 6.56. The van der Waals surface area contributed by atoms with Crippen LogP contribution in [0.2, 0.25) is 0 Å². The van der Waals surface area contributed by atoms with Crippen molar-refractivity contribution in [1.82, 2.24) is 15.2 Å². The number of nitrogens with one attached hydrogen (secondary N) is 1. The molecule has 1 aliphatic heterocycles. The summed E-state index contributed by atoms with van der Waals surface area (Å²) in [7, 11) is 2.09. The van der Waals surface area contributed by atoms with Crippen molar-refractivity contribution < 1.29 is 4.79 Å². The third kappa shape index (κ3) is 3.71. The molecule has 2 rings (SSSR count). The van der Waals surface area contributed by atoms with Gasteiger partial charge in [-0.3, -0.25) is 9.78 Å². The molecule has 0 aromatic carbocycles. The molecule has 6 heteroatoms. The zero-order chi connectivity index (χ0) is 13.8. The number of amides is 1. The van der Waals surface area contributed by atoms with Gasteiger partial charge in [-0.15, -0.1) is 0 Å². The van der Waals surface area contributed by atoms with Gasteiger partial charge in [-0.05, 0) is 45.1 Å². The molecule has 1 aromatic heterocycles. The maximum Gasteiger partial charge on any atom is 0.270 e. The predicted octanol–water partition coefficient (Wildman–Crippen LogP) is 0.540. The number of thiocarbonyl (C=S) groups is 1. The molecule has 5 nitrogen and oxygen atoms in total. The van der Waals surface area contributed by atoms with Crippen LogP contribution in [0.15, 0.2) is 18.3 Å². The zero-order valence-electron chi connectivity index (χ0n) is 10.9. The maximum absolute atomic E-state index is 12.0. The summed E-state index contributed by atoms with van der Waals surface area (Å²) in [4.78, 5) is 18.7. The molecule has 102 valence electrons. The molecule has 1 amide bonds. The molecular weight excluding hydrogens is 260 g/mol. The molecule has 0 atom stereocenters. The van der Waals surface area contributed by atoms with E-state index in [2.05, 4.69) is 22.2 Å². The minimum Gasteiger partial charge on any atom is -0.389 e. The summed E-state index contributed by atoms with van der Waals surface area (Å²) in [6.45, 7) is 2.03. The molecule has 0 bridgehead atoms. The van der Waals surface area contributed by atoms with Crippen LogP contribution < -0.4 is 11.1 Å². The van der Waals surface area contributed by atoms with Crippen molar-refractivity contribution in [1.29, 1.82) is 0 Å². The van der Waals surface area contributed by atoms with Crippen molar-refractivity contribution in [2.24, 2.45) is 5.73 Å². The smallest absolute Gasteiger partial charge is 0.270 e. The van der Waals surface area contributed by atoms with Crippen molar-refractivity contribution >= 4 is 23.1 Å². The first-order valence-electron chi connectivity index (χ1n) is 6.31. The van der Waals surface area contributed by atoms with E-state index in [1.54, 1.807) is 12.1 Å². The van der Waals surface area contributed by atoms with Gasteiger partial charge in [-0.1, -0.05) is 12.2 Å². The number of rotatable bonds is 3. The number of carbonyl (C=O) groups excluding carboxylic acids is 1. The minimum absolute atomic E-state index is 0.135. The lowest BCUT2D eigenvalue weighted by atomic mass is 10.1. The number of aromatic nitrogens is 1. The number of pyridine rings is 1. The summed E-state index contributed by atoms with van der Waals surface area (Å²) in [5, 5.41) is 3.01. The van der Waals surface area contributed by atoms with Gasteiger partial charge >= 0.3 is 0 Å². The first kappa shape index (κ1) is 13.9. The number of carbonyl (C=O) groups is 1. The third-order valence-corrected chi connectivity index (χ3v) is 3.57. The Bertz CT molecular complexity index is 466. The van der Waals surface area contributed by atoms with Crippen LogP contribution in [0.1, 0.15) is 28.9 Å². The molecule has 0 radical (unpaired) electrons. The molecule has 1 fully saturated rings. The van der Waals surface area contributed by atoms with Crippen molar-refractivity contribution in [3.63, 3.8) is 0 Å². The Morgan fingerprint density at radius 3 is 2.68 bits per heavy atom. The van der Waals surface area contributed by atoms with Crippen LogP contribution in [-0.4, -0.2) is 47.0 Å². The first-order chi connectivity index (χ1) is 9.06. The molecular formula is C13H18N4OS. The largest absolute Gasteiger partial charge is 0.389 e. The van der Waals surface area contributed by atoms with E-state index < -0.39 is 0 Å². The van der Waals surface area contributed by atoms with Gasteiger partial charge in [0.15, 0.2) is 0 Å². The van der Waals surface area contributed by atoms with E-state index in [1.807, 2.05) is 0 Å². The minimum atomic E-state index is -0.135. The highest BCUT2D eigenvalue weighted by molar-refractivity contribution is 7.80. The molecule has 2 heterocycles. The van der Waals surface area contributed by atoms with Crippen molar-refractivity contribution in [3.05, 3.63) is 29.6 Å². The van der Waals surface area contributed by atoms with Crippen LogP contribution in [-0.2, 0) is 0 Å². The quantitative estimate of drug-likeness (QED) is 0.790. The van der Waals surface area contributed by atoms with E-state index in [4.69, 9.17) is 18.0 Å². The highest BCUT2D eigenvalue weighted by Crippen LogP contribution is 2.09. The molecule has 19 heavy (non-hydrogen) atoms. The summed E-state index contributed by atoms with van der Waals surface area (Å²) in [6, 6.07) is 3.61. The van der Waals surface area contributed by atoms with Crippen molar-refractivity contribution in [2.75, 3.05) is 20.1 Å². The molecule has 3 N–H and O–H groups in total. The van der Waals surface area contributed by atoms with E-state index in [0.29, 0.717) is 11.3 Å². The Hall–Kier alpha value is -1.53. The standard InChI is InChI=1S/C13H18N4OS/c1-17-6-4-10(5-7-17)16-13(18)11-3-2-9(8-15-11)12(14)19/h2-3,8,10H,4-7H2,1H3,(H2,14,19)(H,16,18). The Morgan fingerprint density at radius 2 is 2.16 bits per heavy atom. The predicted molar refractivity (Wildman–Crippen MR) is 78.1 cm³/mol. The Balaban J connectivity index is 1.94. The SMILES string of the molecule is CN1CCC(NC(=O)c2ccc(C(N)=S)cn2)CC1. The van der Waals surface area contributed by atoms with E-state index in [-0.39, 0.29) is 16.9 Å². The van der Waals surface area contributed by atoms with Crippen LogP contribution in [0.3, 0.4) is 0 Å². The summed E-state index contributed by atoms with van der Waals surface area (Å²) < 4.78 is 0. The van der Waals surface area contributed by atoms with Crippen LogP contribution in [0.25, 0.3) is 0 Å². The first-order valence-corrected chi connectivity index (χ1v) is 6.72.